The monoisotopic (exact) mass is 451 g/mol. The van der Waals surface area contributed by atoms with E-state index in [4.69, 9.17) is 4.74 Å². The lowest BCUT2D eigenvalue weighted by molar-refractivity contribution is -0.129. The van der Waals surface area contributed by atoms with E-state index in [0.29, 0.717) is 29.3 Å². The second kappa shape index (κ2) is 8.96. The van der Waals surface area contributed by atoms with Crippen LogP contribution in [0.3, 0.4) is 0 Å². The molecule has 3 aliphatic rings. The third kappa shape index (κ3) is 3.89. The highest BCUT2D eigenvalue weighted by molar-refractivity contribution is 7.99. The molecule has 1 aromatic carbocycles. The minimum atomic E-state index is -0.429. The van der Waals surface area contributed by atoms with Crippen LogP contribution in [-0.4, -0.2) is 71.2 Å². The molecular weight excluding hydrogens is 426 g/mol. The van der Waals surface area contributed by atoms with Crippen LogP contribution in [0.1, 0.15) is 29.6 Å². The van der Waals surface area contributed by atoms with Crippen molar-refractivity contribution in [1.82, 2.24) is 15.2 Å². The van der Waals surface area contributed by atoms with Crippen LogP contribution >= 0.6 is 11.8 Å². The number of thioether (sulfide) groups is 1. The van der Waals surface area contributed by atoms with Crippen molar-refractivity contribution in [1.29, 1.82) is 5.26 Å². The smallest absolute Gasteiger partial charge is 0.252 e. The van der Waals surface area contributed by atoms with Crippen molar-refractivity contribution in [2.45, 2.75) is 37.4 Å². The van der Waals surface area contributed by atoms with Crippen LogP contribution in [0.5, 0.6) is 0 Å². The lowest BCUT2D eigenvalue weighted by atomic mass is 9.93. The van der Waals surface area contributed by atoms with Crippen LogP contribution in [0.15, 0.2) is 30.5 Å². The number of piperidine rings is 1. The van der Waals surface area contributed by atoms with Crippen LogP contribution in [0.4, 0.5) is 5.69 Å². The number of benzene rings is 1. The van der Waals surface area contributed by atoms with Crippen LogP contribution in [0.25, 0.3) is 10.9 Å². The SMILES string of the molecule is N#C[C@@H]1CSCN1C(=O)CNC(=O)c1ccnc2ccc(N3C4CCCC3COC4)cc12. The lowest BCUT2D eigenvalue weighted by Crippen LogP contribution is -2.55. The quantitative estimate of drug-likeness (QED) is 0.760. The predicted octanol–water partition coefficient (Wildman–Crippen LogP) is 2.15. The topological polar surface area (TPSA) is 98.6 Å². The third-order valence-electron chi connectivity index (χ3n) is 6.50. The van der Waals surface area contributed by atoms with Crippen molar-refractivity contribution in [2.24, 2.45) is 0 Å². The number of fused-ring (bicyclic) bond motifs is 3. The summed E-state index contributed by atoms with van der Waals surface area (Å²) in [6.45, 7) is 1.33. The molecule has 3 fully saturated rings. The Labute approximate surface area is 190 Å². The van der Waals surface area contributed by atoms with Gasteiger partial charge in [0.1, 0.15) is 6.04 Å². The zero-order chi connectivity index (χ0) is 22.1. The van der Waals surface area contributed by atoms with Crippen LogP contribution < -0.4 is 10.2 Å². The highest BCUT2D eigenvalue weighted by Gasteiger charge is 2.35. The normalized spacial score (nSPS) is 24.9. The van der Waals surface area contributed by atoms with Crippen molar-refractivity contribution in [3.05, 3.63) is 36.0 Å². The number of aromatic nitrogens is 1. The standard InChI is InChI=1S/C23H25N5O3S/c24-9-18-13-32-14-27(18)22(29)10-26-23(30)19-6-7-25-21-5-4-15(8-20(19)21)28-16-2-1-3-17(28)12-31-11-16/h4-8,16-18H,1-3,10-14H2,(H,26,30)/t16?,17?,18-/m1/s1. The Morgan fingerprint density at radius 1 is 1.25 bits per heavy atom. The molecule has 166 valence electrons. The number of amides is 2. The minimum absolute atomic E-state index is 0.130. The van der Waals surface area contributed by atoms with Crippen LogP contribution in [-0.2, 0) is 9.53 Å². The molecule has 0 radical (unpaired) electrons. The maximum absolute atomic E-state index is 13.0. The fourth-order valence-corrected chi connectivity index (χ4v) is 6.00. The van der Waals surface area contributed by atoms with Gasteiger partial charge in [0, 0.05) is 23.0 Å². The molecule has 9 heteroatoms. The van der Waals surface area contributed by atoms with Gasteiger partial charge in [-0.3, -0.25) is 14.6 Å². The summed E-state index contributed by atoms with van der Waals surface area (Å²) in [6, 6.07) is 10.2. The molecular formula is C23H25N5O3S. The van der Waals surface area contributed by atoms with Gasteiger partial charge in [0.25, 0.3) is 5.91 Å². The Balaban J connectivity index is 1.37. The van der Waals surface area contributed by atoms with Gasteiger partial charge in [-0.1, -0.05) is 0 Å². The first-order valence-electron chi connectivity index (χ1n) is 11.0. The number of pyridine rings is 1. The summed E-state index contributed by atoms with van der Waals surface area (Å²) in [6.07, 6.45) is 5.05. The number of carbonyl (C=O) groups is 2. The van der Waals surface area contributed by atoms with Crippen LogP contribution in [0.2, 0.25) is 0 Å². The molecule has 4 heterocycles. The van der Waals surface area contributed by atoms with Gasteiger partial charge in [-0.05, 0) is 43.5 Å². The van der Waals surface area contributed by atoms with Crippen molar-refractivity contribution < 1.29 is 14.3 Å². The van der Waals surface area contributed by atoms with E-state index in [1.165, 1.54) is 11.3 Å². The number of rotatable bonds is 4. The number of hydrogen-bond donors (Lipinski definition) is 1. The average molecular weight is 452 g/mol. The van der Waals surface area contributed by atoms with Crippen LogP contribution in [0, 0.1) is 11.3 Å². The third-order valence-corrected chi connectivity index (χ3v) is 7.51. The molecule has 2 amide bonds. The van der Waals surface area contributed by atoms with Gasteiger partial charge in [-0.2, -0.15) is 5.26 Å². The van der Waals surface area contributed by atoms with Gasteiger partial charge in [0.15, 0.2) is 0 Å². The fraction of sp³-hybridized carbons (Fsp3) is 0.478. The summed E-state index contributed by atoms with van der Waals surface area (Å²) in [5.41, 5.74) is 2.32. The number of hydrogen-bond acceptors (Lipinski definition) is 7. The van der Waals surface area contributed by atoms with E-state index in [2.05, 4.69) is 27.3 Å². The van der Waals surface area contributed by atoms with Crippen molar-refractivity contribution in [3.8, 4) is 6.07 Å². The molecule has 3 saturated heterocycles. The molecule has 0 spiro atoms. The number of carbonyl (C=O) groups excluding carboxylic acids is 2. The molecule has 1 aromatic heterocycles. The highest BCUT2D eigenvalue weighted by Crippen LogP contribution is 2.34. The Morgan fingerprint density at radius 3 is 2.84 bits per heavy atom. The Bertz CT molecular complexity index is 1060. The van der Waals surface area contributed by atoms with Gasteiger partial charge < -0.3 is 19.9 Å². The first-order chi connectivity index (χ1) is 15.7. The Kier molecular flexibility index (Phi) is 5.89. The van der Waals surface area contributed by atoms with Gasteiger partial charge >= 0.3 is 0 Å². The molecule has 32 heavy (non-hydrogen) atoms. The molecule has 1 N–H and O–H groups in total. The molecule has 3 aliphatic heterocycles. The summed E-state index contributed by atoms with van der Waals surface area (Å²) in [5, 5.41) is 12.7. The number of morpholine rings is 1. The van der Waals surface area contributed by atoms with E-state index < -0.39 is 6.04 Å². The van der Waals surface area contributed by atoms with Gasteiger partial charge in [-0.25, -0.2) is 0 Å². The van der Waals surface area contributed by atoms with Crippen molar-refractivity contribution >= 4 is 40.2 Å². The average Bonchev–Trinajstić information content (AvgIpc) is 3.30. The summed E-state index contributed by atoms with van der Waals surface area (Å²) in [5.74, 6) is 0.536. The second-order valence-corrected chi connectivity index (χ2v) is 9.43. The zero-order valence-corrected chi connectivity index (χ0v) is 18.5. The van der Waals surface area contributed by atoms with Crippen molar-refractivity contribution in [3.63, 3.8) is 0 Å². The number of ether oxygens (including phenoxy) is 1. The number of anilines is 1. The predicted molar refractivity (Wildman–Crippen MR) is 122 cm³/mol. The molecule has 2 bridgehead atoms. The number of nitriles is 1. The molecule has 2 aromatic rings. The summed E-state index contributed by atoms with van der Waals surface area (Å²) in [7, 11) is 0. The molecule has 0 aliphatic carbocycles. The summed E-state index contributed by atoms with van der Waals surface area (Å²) in [4.78, 5) is 33.9. The maximum Gasteiger partial charge on any atom is 0.252 e. The Morgan fingerprint density at radius 2 is 2.06 bits per heavy atom. The molecule has 5 rings (SSSR count). The number of nitrogens with zero attached hydrogens (tertiary/aromatic N) is 4. The van der Waals surface area contributed by atoms with E-state index in [9.17, 15) is 14.9 Å². The summed E-state index contributed by atoms with van der Waals surface area (Å²) >= 11 is 1.55. The largest absolute Gasteiger partial charge is 0.377 e. The van der Waals surface area contributed by atoms with E-state index in [-0.39, 0.29) is 18.4 Å². The van der Waals surface area contributed by atoms with E-state index in [1.807, 2.05) is 12.1 Å². The number of nitrogens with one attached hydrogen (secondary N) is 1. The molecule has 8 nitrogen and oxygen atoms in total. The van der Waals surface area contributed by atoms with Crippen molar-refractivity contribution in [2.75, 3.05) is 36.3 Å². The first-order valence-corrected chi connectivity index (χ1v) is 12.1. The zero-order valence-electron chi connectivity index (χ0n) is 17.7. The molecule has 0 saturated carbocycles. The van der Waals surface area contributed by atoms with Gasteiger partial charge in [-0.15, -0.1) is 11.8 Å². The fourth-order valence-electron chi connectivity index (χ4n) is 4.90. The maximum atomic E-state index is 13.0. The summed E-state index contributed by atoms with van der Waals surface area (Å²) < 4.78 is 5.77. The Hall–Kier alpha value is -2.83. The van der Waals surface area contributed by atoms with E-state index >= 15 is 0 Å². The van der Waals surface area contributed by atoms with Gasteiger partial charge in [0.2, 0.25) is 5.91 Å². The van der Waals surface area contributed by atoms with Gasteiger partial charge in [0.05, 0.1) is 54.9 Å². The highest BCUT2D eigenvalue weighted by atomic mass is 32.2. The molecule has 3 atom stereocenters. The van der Waals surface area contributed by atoms with E-state index in [0.717, 1.165) is 42.6 Å². The van der Waals surface area contributed by atoms with E-state index in [1.54, 1.807) is 24.0 Å². The first kappa shape index (κ1) is 21.0. The second-order valence-electron chi connectivity index (χ2n) is 8.43. The molecule has 2 unspecified atom stereocenters. The minimum Gasteiger partial charge on any atom is -0.377 e. The lowest BCUT2D eigenvalue weighted by Gasteiger charge is -2.47.